The lowest BCUT2D eigenvalue weighted by molar-refractivity contribution is -0.159. The van der Waals surface area contributed by atoms with E-state index in [1.54, 1.807) is 37.3 Å². The molecule has 11 heteroatoms. The van der Waals surface area contributed by atoms with Gasteiger partial charge in [-0.15, -0.1) is 0 Å². The number of cyclic esters (lactones) is 1. The van der Waals surface area contributed by atoms with E-state index < -0.39 is 59.5 Å². The number of fused-ring (bicyclic) bond motifs is 2. The molecule has 2 fully saturated rings. The molecule has 2 N–H and O–H groups in total. The Kier molecular flexibility index (Phi) is 8.27. The number of aliphatic hydroxyl groups excluding tert-OH is 1. The molecule has 220 valence electrons. The van der Waals surface area contributed by atoms with Crippen LogP contribution >= 0.6 is 11.6 Å². The van der Waals surface area contributed by atoms with Gasteiger partial charge in [0.1, 0.15) is 23.7 Å². The zero-order valence-electron chi connectivity index (χ0n) is 23.4. The Hall–Kier alpha value is -3.21. The summed E-state index contributed by atoms with van der Waals surface area (Å²) in [6, 6.07) is 3.50. The number of halogens is 1. The predicted octanol–water partition coefficient (Wildman–Crippen LogP) is 2.30. The molecule has 0 radical (unpaired) electrons. The summed E-state index contributed by atoms with van der Waals surface area (Å²) in [6.45, 7) is 5.23. The van der Waals surface area contributed by atoms with Crippen molar-refractivity contribution in [3.63, 3.8) is 0 Å². The third-order valence-corrected chi connectivity index (χ3v) is 8.82. The summed E-state index contributed by atoms with van der Waals surface area (Å²) >= 11 is 6.65. The number of para-hydroxylation sites is 1. The highest BCUT2D eigenvalue weighted by Crippen LogP contribution is 2.56. The Morgan fingerprint density at radius 2 is 1.98 bits per heavy atom. The minimum atomic E-state index is -1.42. The number of allylic oxidation sites excluding steroid dienone is 1. The number of aliphatic hydroxyl groups is 1. The number of hydrogen-bond acceptors (Lipinski definition) is 7. The molecule has 10 nitrogen and oxygen atoms in total. The first-order chi connectivity index (χ1) is 19.6. The molecule has 4 aliphatic heterocycles. The second-order valence-corrected chi connectivity index (χ2v) is 11.5. The van der Waals surface area contributed by atoms with Gasteiger partial charge in [-0.2, -0.15) is 0 Å². The molecule has 4 aliphatic rings. The number of aryl methyl sites for hydroxylation is 1. The molecule has 2 saturated heterocycles. The van der Waals surface area contributed by atoms with Crippen LogP contribution in [0.2, 0.25) is 5.02 Å². The number of carbonyl (C=O) groups excluding carboxylic acids is 4. The number of hydrogen-bond donors (Lipinski definition) is 2. The SMILES string of the molecule is CC[C@@H](CO)N1C(=O)[C@H]2[C@@H]3C(=O)O[C@H](C)CNC(=O)CC/C=C\CN(c4c(C)cccc4Cl)C(=O)[C@H]1[C@@]21C=C[C@@H]3O1. The first kappa shape index (κ1) is 29.3. The molecule has 1 aromatic carbocycles. The number of rotatable bonds is 4. The van der Waals surface area contributed by atoms with Crippen LogP contribution in [0.15, 0.2) is 42.5 Å². The van der Waals surface area contributed by atoms with Gasteiger partial charge >= 0.3 is 5.97 Å². The summed E-state index contributed by atoms with van der Waals surface area (Å²) in [5.41, 5.74) is -0.176. The molecular formula is C30H36ClN3O7. The Labute approximate surface area is 244 Å². The maximum absolute atomic E-state index is 14.8. The van der Waals surface area contributed by atoms with Crippen LogP contribution in [0.5, 0.6) is 0 Å². The van der Waals surface area contributed by atoms with E-state index in [9.17, 15) is 24.3 Å². The second kappa shape index (κ2) is 11.6. The summed E-state index contributed by atoms with van der Waals surface area (Å²) in [4.78, 5) is 57.8. The Bertz CT molecular complexity index is 1270. The van der Waals surface area contributed by atoms with E-state index >= 15 is 0 Å². The molecule has 41 heavy (non-hydrogen) atoms. The lowest BCUT2D eigenvalue weighted by atomic mass is 9.74. The maximum Gasteiger partial charge on any atom is 0.313 e. The average molecular weight is 586 g/mol. The smallest absolute Gasteiger partial charge is 0.313 e. The van der Waals surface area contributed by atoms with E-state index in [0.29, 0.717) is 23.6 Å². The minimum Gasteiger partial charge on any atom is -0.460 e. The number of ether oxygens (including phenoxy) is 2. The van der Waals surface area contributed by atoms with Crippen LogP contribution in [0, 0.1) is 18.8 Å². The molecule has 0 unspecified atom stereocenters. The van der Waals surface area contributed by atoms with Gasteiger partial charge in [-0.05, 0) is 38.3 Å². The van der Waals surface area contributed by atoms with E-state index in [2.05, 4.69) is 5.32 Å². The summed E-state index contributed by atoms with van der Waals surface area (Å²) in [5.74, 6) is -3.69. The molecule has 5 rings (SSSR count). The molecular weight excluding hydrogens is 550 g/mol. The van der Waals surface area contributed by atoms with Crippen molar-refractivity contribution in [1.82, 2.24) is 10.2 Å². The quantitative estimate of drug-likeness (QED) is 0.410. The third kappa shape index (κ3) is 4.96. The van der Waals surface area contributed by atoms with Crippen molar-refractivity contribution >= 4 is 41.0 Å². The van der Waals surface area contributed by atoms with Crippen molar-refractivity contribution < 1.29 is 33.8 Å². The molecule has 0 aliphatic carbocycles. The summed E-state index contributed by atoms with van der Waals surface area (Å²) in [5, 5.41) is 13.4. The van der Waals surface area contributed by atoms with Crippen LogP contribution in [0.4, 0.5) is 5.69 Å². The second-order valence-electron chi connectivity index (χ2n) is 11.1. The molecule has 0 aromatic heterocycles. The summed E-state index contributed by atoms with van der Waals surface area (Å²) in [6.07, 6.45) is 6.71. The van der Waals surface area contributed by atoms with Gasteiger partial charge in [0.25, 0.3) is 5.91 Å². The van der Waals surface area contributed by atoms with E-state index in [0.717, 1.165) is 5.56 Å². The van der Waals surface area contributed by atoms with E-state index in [1.165, 1.54) is 9.80 Å². The summed E-state index contributed by atoms with van der Waals surface area (Å²) < 4.78 is 12.1. The summed E-state index contributed by atoms with van der Waals surface area (Å²) in [7, 11) is 0. The van der Waals surface area contributed by atoms with E-state index in [-0.39, 0.29) is 32.0 Å². The van der Waals surface area contributed by atoms with Gasteiger partial charge in [-0.1, -0.05) is 55.0 Å². The molecule has 1 aromatic rings. The number of anilines is 1. The highest BCUT2D eigenvalue weighted by atomic mass is 35.5. The van der Waals surface area contributed by atoms with Crippen molar-refractivity contribution in [2.75, 3.05) is 24.6 Å². The lowest BCUT2D eigenvalue weighted by Crippen LogP contribution is -2.58. The van der Waals surface area contributed by atoms with Crippen LogP contribution < -0.4 is 10.2 Å². The van der Waals surface area contributed by atoms with Gasteiger partial charge in [0.05, 0.1) is 41.9 Å². The number of carbonyl (C=O) groups is 4. The van der Waals surface area contributed by atoms with Crippen LogP contribution in [0.1, 0.15) is 38.7 Å². The Morgan fingerprint density at radius 1 is 1.20 bits per heavy atom. The molecule has 0 saturated carbocycles. The van der Waals surface area contributed by atoms with Gasteiger partial charge in [-0.25, -0.2) is 0 Å². The number of esters is 1. The normalized spacial score (nSPS) is 33.5. The molecule has 7 atom stereocenters. The molecule has 4 heterocycles. The van der Waals surface area contributed by atoms with Crippen molar-refractivity contribution in [3.05, 3.63) is 53.1 Å². The molecule has 1 spiro atoms. The fourth-order valence-corrected chi connectivity index (χ4v) is 6.87. The standard InChI is InChI=1S/C30H36ClN3O7/c1-4-19(16-35)34-26-28(38)33(25-17(2)9-8-10-20(25)31)14-7-5-6-11-22(36)32-15-18(3)40-29(39)23-21-12-13-30(26,41-21)24(23)27(34)37/h5,7-10,12-13,18-19,21,23-24,26,35H,4,6,11,14-16H2,1-3H3,(H,32,36)/b7-5-/t18-,19+,21+,23-,24-,26+,30-/m1/s1. The molecule has 3 amide bonds. The number of amides is 3. The van der Waals surface area contributed by atoms with Crippen LogP contribution in [-0.2, 0) is 28.7 Å². The maximum atomic E-state index is 14.8. The topological polar surface area (TPSA) is 125 Å². The van der Waals surface area contributed by atoms with Crippen LogP contribution in [-0.4, -0.2) is 83.3 Å². The first-order valence-corrected chi connectivity index (χ1v) is 14.5. The number of nitrogens with zero attached hydrogens (tertiary/aromatic N) is 2. The van der Waals surface area contributed by atoms with Gasteiger partial charge in [0, 0.05) is 13.0 Å². The number of nitrogens with one attached hydrogen (secondary N) is 1. The van der Waals surface area contributed by atoms with Gasteiger partial charge < -0.3 is 29.7 Å². The minimum absolute atomic E-state index is 0.121. The fourth-order valence-electron chi connectivity index (χ4n) is 6.54. The largest absolute Gasteiger partial charge is 0.460 e. The monoisotopic (exact) mass is 585 g/mol. The fraction of sp³-hybridized carbons (Fsp3) is 0.533. The zero-order chi connectivity index (χ0) is 29.5. The predicted molar refractivity (Wildman–Crippen MR) is 151 cm³/mol. The number of benzene rings is 1. The van der Waals surface area contributed by atoms with Gasteiger partial charge in [0.15, 0.2) is 0 Å². The average Bonchev–Trinajstić information content (AvgIpc) is 3.58. The highest BCUT2D eigenvalue weighted by molar-refractivity contribution is 6.34. The number of likely N-dealkylation sites (tertiary alicyclic amines) is 1. The van der Waals surface area contributed by atoms with Crippen molar-refractivity contribution in [1.29, 1.82) is 0 Å². The Morgan fingerprint density at radius 3 is 2.68 bits per heavy atom. The Balaban J connectivity index is 1.65. The van der Waals surface area contributed by atoms with E-state index in [1.807, 2.05) is 26.0 Å². The third-order valence-electron chi connectivity index (χ3n) is 8.51. The van der Waals surface area contributed by atoms with Gasteiger partial charge in [-0.3, -0.25) is 19.2 Å². The van der Waals surface area contributed by atoms with Crippen LogP contribution in [0.25, 0.3) is 0 Å². The van der Waals surface area contributed by atoms with Crippen molar-refractivity contribution in [2.45, 2.75) is 69.9 Å². The lowest BCUT2D eigenvalue weighted by Gasteiger charge is -2.39. The van der Waals surface area contributed by atoms with Gasteiger partial charge in [0.2, 0.25) is 11.8 Å². The van der Waals surface area contributed by atoms with Crippen molar-refractivity contribution in [3.8, 4) is 0 Å². The van der Waals surface area contributed by atoms with Crippen molar-refractivity contribution in [2.24, 2.45) is 11.8 Å². The highest BCUT2D eigenvalue weighted by Gasteiger charge is 2.74. The van der Waals surface area contributed by atoms with E-state index in [4.69, 9.17) is 21.1 Å². The first-order valence-electron chi connectivity index (χ1n) is 14.1. The zero-order valence-corrected chi connectivity index (χ0v) is 24.2. The van der Waals surface area contributed by atoms with Crippen LogP contribution in [0.3, 0.4) is 0 Å². The molecule has 5 bridgehead atoms.